The zero-order valence-corrected chi connectivity index (χ0v) is 10.8. The van der Waals surface area contributed by atoms with Gasteiger partial charge < -0.3 is 4.74 Å². The highest BCUT2D eigenvalue weighted by Crippen LogP contribution is 2.14. The van der Waals surface area contributed by atoms with Gasteiger partial charge in [-0.15, -0.1) is 0 Å². The Hall–Kier alpha value is -1.64. The van der Waals surface area contributed by atoms with Gasteiger partial charge in [0.15, 0.2) is 6.29 Å². The van der Waals surface area contributed by atoms with Crippen LogP contribution in [0.25, 0.3) is 0 Å². The molecule has 1 rings (SSSR count). The van der Waals surface area contributed by atoms with Crippen LogP contribution in [0.2, 0.25) is 0 Å². The Labute approximate surface area is 108 Å². The van der Waals surface area contributed by atoms with Crippen molar-refractivity contribution in [1.82, 2.24) is 0 Å². The normalized spacial score (nSPS) is 10.1. The quantitative estimate of drug-likeness (QED) is 0.402. The second kappa shape index (κ2) is 8.45. The van der Waals surface area contributed by atoms with E-state index < -0.39 is 0 Å². The molecule has 0 aliphatic carbocycles. The molecule has 0 fully saturated rings. The van der Waals surface area contributed by atoms with Gasteiger partial charge in [0.1, 0.15) is 5.75 Å². The molecular weight excluding hydrogens is 228 g/mol. The molecule has 0 spiro atoms. The van der Waals surface area contributed by atoms with Crippen molar-refractivity contribution in [3.05, 3.63) is 29.8 Å². The van der Waals surface area contributed by atoms with Gasteiger partial charge >= 0.3 is 5.97 Å². The van der Waals surface area contributed by atoms with Crippen molar-refractivity contribution in [2.45, 2.75) is 45.4 Å². The fourth-order valence-corrected chi connectivity index (χ4v) is 1.59. The molecule has 0 saturated heterocycles. The molecule has 1 aromatic carbocycles. The fourth-order valence-electron chi connectivity index (χ4n) is 1.59. The van der Waals surface area contributed by atoms with Crippen LogP contribution in [0.1, 0.15) is 44.6 Å². The predicted molar refractivity (Wildman–Crippen MR) is 70.2 cm³/mol. The number of ether oxygens (including phenoxy) is 1. The van der Waals surface area contributed by atoms with Crippen molar-refractivity contribution < 1.29 is 14.3 Å². The van der Waals surface area contributed by atoms with Gasteiger partial charge in [-0.1, -0.05) is 25.5 Å². The van der Waals surface area contributed by atoms with Crippen molar-refractivity contribution >= 4 is 12.3 Å². The molecule has 3 nitrogen and oxygen atoms in total. The maximum atomic E-state index is 11.4. The highest BCUT2D eigenvalue weighted by molar-refractivity contribution is 5.72. The van der Waals surface area contributed by atoms with Gasteiger partial charge in [-0.05, 0) is 37.0 Å². The zero-order chi connectivity index (χ0) is 13.2. The van der Waals surface area contributed by atoms with Crippen LogP contribution in [-0.2, 0) is 16.0 Å². The topological polar surface area (TPSA) is 43.4 Å². The van der Waals surface area contributed by atoms with E-state index in [1.807, 2.05) is 25.3 Å². The van der Waals surface area contributed by atoms with Crippen LogP contribution in [0.15, 0.2) is 24.3 Å². The highest BCUT2D eigenvalue weighted by atomic mass is 16.5. The minimum Gasteiger partial charge on any atom is -0.427 e. The minimum atomic E-state index is -0.180. The third-order valence-electron chi connectivity index (χ3n) is 2.63. The van der Waals surface area contributed by atoms with Crippen molar-refractivity contribution in [2.75, 3.05) is 0 Å². The van der Waals surface area contributed by atoms with E-state index in [0.29, 0.717) is 18.6 Å². The van der Waals surface area contributed by atoms with Crippen LogP contribution in [0.3, 0.4) is 0 Å². The first kappa shape index (κ1) is 14.4. The van der Waals surface area contributed by atoms with E-state index >= 15 is 0 Å². The maximum absolute atomic E-state index is 11.4. The average molecular weight is 247 g/mol. The van der Waals surface area contributed by atoms with Gasteiger partial charge in [0.2, 0.25) is 0 Å². The summed E-state index contributed by atoms with van der Waals surface area (Å²) < 4.78 is 5.20. The van der Waals surface area contributed by atoms with E-state index in [-0.39, 0.29) is 5.97 Å². The second-order valence-corrected chi connectivity index (χ2v) is 4.22. The van der Waals surface area contributed by atoms with Gasteiger partial charge in [0.05, 0.1) is 0 Å². The Kier molecular flexibility index (Phi) is 6.77. The van der Waals surface area contributed by atoms with Crippen molar-refractivity contribution in [1.29, 1.82) is 0 Å². The fraction of sp³-hybridized carbons (Fsp3) is 0.467. The summed E-state index contributed by atoms with van der Waals surface area (Å²) in [5.74, 6) is 0.405. The minimum absolute atomic E-state index is 0.180. The van der Waals surface area contributed by atoms with Crippen molar-refractivity contribution in [3.63, 3.8) is 0 Å². The van der Waals surface area contributed by atoms with Crippen LogP contribution in [0, 0.1) is 0 Å². The summed E-state index contributed by atoms with van der Waals surface area (Å²) in [5.41, 5.74) is 1.14. The standard InChI is InChI=1S/C15H19O3/c1-2-3-7-15(17)18-14-10-8-13(9-11-14)6-4-5-12-16/h8-11H,2-7H2,1H3. The summed E-state index contributed by atoms with van der Waals surface area (Å²) in [5, 5.41) is 0. The molecule has 0 aliphatic rings. The summed E-state index contributed by atoms with van der Waals surface area (Å²) in [6, 6.07) is 7.44. The molecular formula is C15H19O3. The molecule has 0 bridgehead atoms. The SMILES string of the molecule is CCCCC(=O)Oc1ccc(CCC[C]=O)cc1. The number of benzene rings is 1. The van der Waals surface area contributed by atoms with E-state index in [1.54, 1.807) is 12.1 Å². The zero-order valence-electron chi connectivity index (χ0n) is 10.8. The molecule has 0 heterocycles. The summed E-state index contributed by atoms with van der Waals surface area (Å²) in [4.78, 5) is 21.5. The number of unbranched alkanes of at least 4 members (excludes halogenated alkanes) is 2. The van der Waals surface area contributed by atoms with Crippen LogP contribution in [-0.4, -0.2) is 12.3 Å². The Morgan fingerprint density at radius 3 is 2.56 bits per heavy atom. The Balaban J connectivity index is 2.39. The van der Waals surface area contributed by atoms with Crippen molar-refractivity contribution in [3.8, 4) is 5.75 Å². The average Bonchev–Trinajstić information content (AvgIpc) is 2.39. The Bertz CT molecular complexity index is 368. The monoisotopic (exact) mass is 247 g/mol. The lowest BCUT2D eigenvalue weighted by molar-refractivity contribution is -0.134. The van der Waals surface area contributed by atoms with Gasteiger partial charge in [0.25, 0.3) is 0 Å². The van der Waals surface area contributed by atoms with E-state index in [1.165, 1.54) is 0 Å². The van der Waals surface area contributed by atoms with Gasteiger partial charge in [-0.2, -0.15) is 0 Å². The molecule has 0 unspecified atom stereocenters. The second-order valence-electron chi connectivity index (χ2n) is 4.22. The molecule has 3 heteroatoms. The number of aryl methyl sites for hydroxylation is 1. The summed E-state index contributed by atoms with van der Waals surface area (Å²) in [7, 11) is 0. The molecule has 0 N–H and O–H groups in total. The molecule has 0 saturated carbocycles. The summed E-state index contributed by atoms with van der Waals surface area (Å²) in [6.45, 7) is 2.04. The van der Waals surface area contributed by atoms with Gasteiger partial charge in [-0.25, -0.2) is 0 Å². The van der Waals surface area contributed by atoms with Crippen LogP contribution in [0.4, 0.5) is 0 Å². The van der Waals surface area contributed by atoms with E-state index in [9.17, 15) is 9.59 Å². The van der Waals surface area contributed by atoms with Crippen LogP contribution in [0.5, 0.6) is 5.75 Å². The molecule has 0 atom stereocenters. The lowest BCUT2D eigenvalue weighted by atomic mass is 10.1. The number of carbonyl (C=O) groups is 1. The molecule has 1 radical (unpaired) electrons. The van der Waals surface area contributed by atoms with E-state index in [2.05, 4.69) is 0 Å². The largest absolute Gasteiger partial charge is 0.427 e. The number of esters is 1. The molecule has 97 valence electrons. The third kappa shape index (κ3) is 5.62. The van der Waals surface area contributed by atoms with Gasteiger partial charge in [0, 0.05) is 12.8 Å². The first-order chi connectivity index (χ1) is 8.76. The molecule has 18 heavy (non-hydrogen) atoms. The van der Waals surface area contributed by atoms with Crippen LogP contribution < -0.4 is 4.74 Å². The summed E-state index contributed by atoms with van der Waals surface area (Å²) >= 11 is 0. The number of carbonyl (C=O) groups excluding carboxylic acids is 2. The lowest BCUT2D eigenvalue weighted by Gasteiger charge is -2.05. The Morgan fingerprint density at radius 2 is 1.94 bits per heavy atom. The van der Waals surface area contributed by atoms with E-state index in [0.717, 1.165) is 31.2 Å². The number of hydrogen-bond acceptors (Lipinski definition) is 3. The van der Waals surface area contributed by atoms with Gasteiger partial charge in [-0.3, -0.25) is 9.59 Å². The number of hydrogen-bond donors (Lipinski definition) is 0. The number of rotatable bonds is 8. The Morgan fingerprint density at radius 1 is 1.22 bits per heavy atom. The third-order valence-corrected chi connectivity index (χ3v) is 2.63. The van der Waals surface area contributed by atoms with Crippen LogP contribution >= 0.6 is 0 Å². The molecule has 0 aliphatic heterocycles. The molecule has 1 aromatic rings. The first-order valence-electron chi connectivity index (χ1n) is 6.41. The van der Waals surface area contributed by atoms with E-state index in [4.69, 9.17) is 4.74 Å². The predicted octanol–water partition coefficient (Wildman–Crippen LogP) is 3.21. The van der Waals surface area contributed by atoms with Crippen molar-refractivity contribution in [2.24, 2.45) is 0 Å². The highest BCUT2D eigenvalue weighted by Gasteiger charge is 2.03. The molecule has 0 amide bonds. The molecule has 0 aromatic heterocycles. The summed E-state index contributed by atoms with van der Waals surface area (Å²) in [6.07, 6.45) is 6.31. The lowest BCUT2D eigenvalue weighted by Crippen LogP contribution is -2.07. The maximum Gasteiger partial charge on any atom is 0.311 e. The first-order valence-corrected chi connectivity index (χ1v) is 6.41. The smallest absolute Gasteiger partial charge is 0.311 e.